The van der Waals surface area contributed by atoms with Crippen molar-refractivity contribution in [3.05, 3.63) is 64.7 Å². The Kier molecular flexibility index (Phi) is 8.17. The van der Waals surface area contributed by atoms with E-state index in [0.717, 1.165) is 12.1 Å². The van der Waals surface area contributed by atoms with Gasteiger partial charge in [-0.05, 0) is 35.9 Å². The van der Waals surface area contributed by atoms with Gasteiger partial charge in [0.05, 0.1) is 37.8 Å². The number of nitrogens with one attached hydrogen (secondary N) is 1. The first-order valence-electron chi connectivity index (χ1n) is 9.97. The highest BCUT2D eigenvalue weighted by Crippen LogP contribution is 2.31. The third-order valence-electron chi connectivity index (χ3n) is 5.00. The smallest absolute Gasteiger partial charge is 0.416 e. The summed E-state index contributed by atoms with van der Waals surface area (Å²) < 4.78 is 49.6. The van der Waals surface area contributed by atoms with Gasteiger partial charge in [0.2, 0.25) is 5.91 Å². The molecule has 9 heteroatoms. The number of morpholine rings is 1. The van der Waals surface area contributed by atoms with E-state index in [1.54, 1.807) is 24.3 Å². The van der Waals surface area contributed by atoms with Crippen molar-refractivity contribution in [2.45, 2.75) is 18.6 Å². The summed E-state index contributed by atoms with van der Waals surface area (Å²) in [7, 11) is 0. The van der Waals surface area contributed by atoms with Gasteiger partial charge in [0.15, 0.2) is 0 Å². The fraction of sp³-hybridized carbons (Fsp3) is 0.409. The zero-order chi connectivity index (χ0) is 22.3. The van der Waals surface area contributed by atoms with Crippen LogP contribution in [0.15, 0.2) is 48.5 Å². The number of alkyl halides is 3. The van der Waals surface area contributed by atoms with Crippen molar-refractivity contribution in [1.29, 1.82) is 0 Å². The van der Waals surface area contributed by atoms with Gasteiger partial charge in [-0.2, -0.15) is 13.2 Å². The maximum Gasteiger partial charge on any atom is 0.416 e. The molecular formula is C22H24ClF3N2O3. The van der Waals surface area contributed by atoms with Crippen LogP contribution in [0.25, 0.3) is 0 Å². The number of hydrogen-bond donors (Lipinski definition) is 1. The molecule has 1 amide bonds. The predicted octanol–water partition coefficient (Wildman–Crippen LogP) is 4.32. The average Bonchev–Trinajstić information content (AvgIpc) is 2.74. The Morgan fingerprint density at radius 2 is 1.87 bits per heavy atom. The Bertz CT molecular complexity index is 856. The monoisotopic (exact) mass is 456 g/mol. The number of halogens is 4. The van der Waals surface area contributed by atoms with Crippen LogP contribution in [0, 0.1) is 0 Å². The molecule has 2 aromatic carbocycles. The molecule has 1 aliphatic rings. The van der Waals surface area contributed by atoms with Crippen molar-refractivity contribution in [2.75, 3.05) is 39.5 Å². The zero-order valence-electron chi connectivity index (χ0n) is 16.8. The van der Waals surface area contributed by atoms with Crippen LogP contribution >= 0.6 is 11.6 Å². The Morgan fingerprint density at radius 3 is 2.52 bits per heavy atom. The standard InChI is InChI=1S/C22H24ClF3N2O3/c23-18-2-1-3-19(14-18)31-11-8-21(29)27-15-20(28-9-12-30-13-10-28)16-4-6-17(7-5-16)22(24,25)26/h1-7,14,20H,8-13,15H2,(H,27,29). The molecule has 2 aromatic rings. The summed E-state index contributed by atoms with van der Waals surface area (Å²) in [5.74, 6) is 0.378. The molecule has 0 aliphatic carbocycles. The predicted molar refractivity (Wildman–Crippen MR) is 111 cm³/mol. The van der Waals surface area contributed by atoms with Crippen LogP contribution in [0.3, 0.4) is 0 Å². The van der Waals surface area contributed by atoms with E-state index < -0.39 is 11.7 Å². The fourth-order valence-corrected chi connectivity index (χ4v) is 3.54. The second-order valence-electron chi connectivity index (χ2n) is 7.14. The van der Waals surface area contributed by atoms with Crippen molar-refractivity contribution in [3.63, 3.8) is 0 Å². The highest BCUT2D eigenvalue weighted by Gasteiger charge is 2.31. The van der Waals surface area contributed by atoms with Crippen molar-refractivity contribution in [2.24, 2.45) is 0 Å². The summed E-state index contributed by atoms with van der Waals surface area (Å²) in [6, 6.07) is 11.7. The first kappa shape index (κ1) is 23.4. The lowest BCUT2D eigenvalue weighted by molar-refractivity contribution is -0.137. The largest absolute Gasteiger partial charge is 0.493 e. The van der Waals surface area contributed by atoms with Crippen LogP contribution in [0.5, 0.6) is 5.75 Å². The molecule has 1 N–H and O–H groups in total. The molecule has 0 saturated carbocycles. The van der Waals surface area contributed by atoms with Gasteiger partial charge in [-0.15, -0.1) is 0 Å². The van der Waals surface area contributed by atoms with Crippen molar-refractivity contribution < 1.29 is 27.4 Å². The normalized spacial score (nSPS) is 16.0. The van der Waals surface area contributed by atoms with E-state index in [2.05, 4.69) is 10.2 Å². The summed E-state index contributed by atoms with van der Waals surface area (Å²) in [5, 5.41) is 3.42. The lowest BCUT2D eigenvalue weighted by Crippen LogP contribution is -2.44. The van der Waals surface area contributed by atoms with Gasteiger partial charge in [0, 0.05) is 24.7 Å². The molecule has 1 heterocycles. The minimum Gasteiger partial charge on any atom is -0.493 e. The lowest BCUT2D eigenvalue weighted by Gasteiger charge is -2.35. The fourth-order valence-electron chi connectivity index (χ4n) is 3.36. The molecule has 5 nitrogen and oxygen atoms in total. The molecule has 0 aromatic heterocycles. The minimum atomic E-state index is -4.38. The average molecular weight is 457 g/mol. The second kappa shape index (κ2) is 10.8. The van der Waals surface area contributed by atoms with Crippen LogP contribution in [0.4, 0.5) is 13.2 Å². The van der Waals surface area contributed by atoms with E-state index in [9.17, 15) is 18.0 Å². The van der Waals surface area contributed by atoms with Crippen LogP contribution in [0.2, 0.25) is 5.02 Å². The molecule has 0 radical (unpaired) electrons. The highest BCUT2D eigenvalue weighted by atomic mass is 35.5. The van der Waals surface area contributed by atoms with Gasteiger partial charge in [0.1, 0.15) is 5.75 Å². The van der Waals surface area contributed by atoms with Crippen LogP contribution in [0.1, 0.15) is 23.6 Å². The van der Waals surface area contributed by atoms with Crippen molar-refractivity contribution in [3.8, 4) is 5.75 Å². The van der Waals surface area contributed by atoms with E-state index in [1.165, 1.54) is 12.1 Å². The third-order valence-corrected chi connectivity index (χ3v) is 5.23. The lowest BCUT2D eigenvalue weighted by atomic mass is 10.0. The van der Waals surface area contributed by atoms with Crippen LogP contribution < -0.4 is 10.1 Å². The quantitative estimate of drug-likeness (QED) is 0.643. The minimum absolute atomic E-state index is 0.148. The Hall–Kier alpha value is -2.29. The molecule has 1 saturated heterocycles. The molecule has 1 unspecified atom stereocenters. The van der Waals surface area contributed by atoms with Gasteiger partial charge in [-0.25, -0.2) is 0 Å². The molecule has 0 bridgehead atoms. The van der Waals surface area contributed by atoms with Crippen LogP contribution in [-0.4, -0.2) is 50.3 Å². The molecule has 1 aliphatic heterocycles. The van der Waals surface area contributed by atoms with Gasteiger partial charge in [0.25, 0.3) is 0 Å². The van der Waals surface area contributed by atoms with E-state index in [4.69, 9.17) is 21.1 Å². The number of carbonyl (C=O) groups excluding carboxylic acids is 1. The summed E-state index contributed by atoms with van der Waals surface area (Å²) in [5.41, 5.74) is 0.0181. The summed E-state index contributed by atoms with van der Waals surface area (Å²) in [6.45, 7) is 2.83. The van der Waals surface area contributed by atoms with E-state index in [-0.39, 0.29) is 31.5 Å². The van der Waals surface area contributed by atoms with Gasteiger partial charge >= 0.3 is 6.18 Å². The van der Waals surface area contributed by atoms with Gasteiger partial charge in [-0.3, -0.25) is 9.69 Å². The van der Waals surface area contributed by atoms with Gasteiger partial charge in [-0.1, -0.05) is 29.8 Å². The molecule has 31 heavy (non-hydrogen) atoms. The first-order valence-corrected chi connectivity index (χ1v) is 10.3. The Balaban J connectivity index is 1.57. The van der Waals surface area contributed by atoms with Gasteiger partial charge < -0.3 is 14.8 Å². The number of hydrogen-bond acceptors (Lipinski definition) is 4. The first-order chi connectivity index (χ1) is 14.8. The summed E-state index contributed by atoms with van der Waals surface area (Å²) in [6.07, 6.45) is -4.24. The van der Waals surface area contributed by atoms with Crippen molar-refractivity contribution >= 4 is 17.5 Å². The van der Waals surface area contributed by atoms with Crippen LogP contribution in [-0.2, 0) is 15.7 Å². The molecule has 3 rings (SSSR count). The molecular weight excluding hydrogens is 433 g/mol. The maximum atomic E-state index is 12.9. The number of benzene rings is 2. The van der Waals surface area contributed by atoms with E-state index in [1.807, 2.05) is 0 Å². The number of amides is 1. The SMILES string of the molecule is O=C(CCOc1cccc(Cl)c1)NCC(c1ccc(C(F)(F)F)cc1)N1CCOCC1. The number of nitrogens with zero attached hydrogens (tertiary/aromatic N) is 1. The number of ether oxygens (including phenoxy) is 2. The number of carbonyl (C=O) groups is 1. The Morgan fingerprint density at radius 1 is 1.16 bits per heavy atom. The number of rotatable bonds is 8. The molecule has 168 valence electrons. The summed E-state index contributed by atoms with van der Waals surface area (Å²) in [4.78, 5) is 14.4. The molecule has 0 spiro atoms. The molecule has 1 fully saturated rings. The highest BCUT2D eigenvalue weighted by molar-refractivity contribution is 6.30. The maximum absolute atomic E-state index is 12.9. The second-order valence-corrected chi connectivity index (χ2v) is 7.58. The topological polar surface area (TPSA) is 50.8 Å². The Labute approximate surface area is 184 Å². The third kappa shape index (κ3) is 7.12. The van der Waals surface area contributed by atoms with E-state index >= 15 is 0 Å². The van der Waals surface area contributed by atoms with Crippen molar-refractivity contribution in [1.82, 2.24) is 10.2 Å². The van der Waals surface area contributed by atoms with E-state index in [0.29, 0.717) is 42.6 Å². The zero-order valence-corrected chi connectivity index (χ0v) is 17.6. The summed E-state index contributed by atoms with van der Waals surface area (Å²) >= 11 is 5.90. The molecule has 1 atom stereocenters.